The average Bonchev–Trinajstić information content (AvgIpc) is 2.71. The molecule has 0 bridgehead atoms. The fourth-order valence-electron chi connectivity index (χ4n) is 1.62. The molecular formula is C12H8BrN3S. The Labute approximate surface area is 111 Å². The van der Waals surface area contributed by atoms with E-state index >= 15 is 0 Å². The monoisotopic (exact) mass is 305 g/mol. The van der Waals surface area contributed by atoms with Crippen molar-refractivity contribution in [1.82, 2.24) is 15.0 Å². The minimum Gasteiger partial charge on any atom is -0.241 e. The van der Waals surface area contributed by atoms with Crippen LogP contribution in [0.4, 0.5) is 0 Å². The van der Waals surface area contributed by atoms with Crippen LogP contribution in [0.25, 0.3) is 10.2 Å². The Morgan fingerprint density at radius 2 is 2.06 bits per heavy atom. The number of hydrogen-bond donors (Lipinski definition) is 0. The van der Waals surface area contributed by atoms with Gasteiger partial charge in [0.1, 0.15) is 10.9 Å². The number of benzene rings is 1. The minimum atomic E-state index is 0.750. The predicted molar refractivity (Wildman–Crippen MR) is 72.2 cm³/mol. The average molecular weight is 306 g/mol. The van der Waals surface area contributed by atoms with E-state index in [4.69, 9.17) is 0 Å². The molecule has 3 rings (SSSR count). The Morgan fingerprint density at radius 1 is 1.18 bits per heavy atom. The Balaban J connectivity index is 1.94. The molecule has 0 saturated heterocycles. The van der Waals surface area contributed by atoms with E-state index < -0.39 is 0 Å². The second-order valence-corrected chi connectivity index (χ2v) is 5.51. The number of fused-ring (bicyclic) bond motifs is 1. The Kier molecular flexibility index (Phi) is 2.86. The molecule has 17 heavy (non-hydrogen) atoms. The van der Waals surface area contributed by atoms with Crippen molar-refractivity contribution in [3.63, 3.8) is 0 Å². The van der Waals surface area contributed by atoms with Crippen LogP contribution in [0.1, 0.15) is 10.7 Å². The van der Waals surface area contributed by atoms with Gasteiger partial charge >= 0.3 is 0 Å². The van der Waals surface area contributed by atoms with Gasteiger partial charge in [0.05, 0.1) is 20.9 Å². The van der Waals surface area contributed by atoms with E-state index in [0.717, 1.165) is 27.2 Å². The second-order valence-electron chi connectivity index (χ2n) is 3.58. The second kappa shape index (κ2) is 4.50. The van der Waals surface area contributed by atoms with E-state index in [1.54, 1.807) is 17.7 Å². The zero-order valence-corrected chi connectivity index (χ0v) is 11.2. The molecule has 0 aliphatic heterocycles. The summed E-state index contributed by atoms with van der Waals surface area (Å²) in [7, 11) is 0. The van der Waals surface area contributed by atoms with Crippen molar-refractivity contribution in [3.8, 4) is 0 Å². The summed E-state index contributed by atoms with van der Waals surface area (Å²) < 4.78 is 2.03. The summed E-state index contributed by atoms with van der Waals surface area (Å²) in [6, 6.07) is 10.1. The van der Waals surface area contributed by atoms with Crippen molar-refractivity contribution in [3.05, 3.63) is 52.0 Å². The van der Waals surface area contributed by atoms with Gasteiger partial charge in [-0.1, -0.05) is 12.1 Å². The van der Waals surface area contributed by atoms with Crippen molar-refractivity contribution >= 4 is 37.5 Å². The maximum atomic E-state index is 4.58. The van der Waals surface area contributed by atoms with Gasteiger partial charge in [-0.2, -0.15) is 0 Å². The van der Waals surface area contributed by atoms with Gasteiger partial charge < -0.3 is 0 Å². The fourth-order valence-corrected chi connectivity index (χ4v) is 2.96. The van der Waals surface area contributed by atoms with Gasteiger partial charge in [-0.05, 0) is 34.1 Å². The molecule has 2 aromatic heterocycles. The molecule has 3 nitrogen and oxygen atoms in total. The quantitative estimate of drug-likeness (QED) is 0.681. The molecule has 84 valence electrons. The van der Waals surface area contributed by atoms with E-state index in [1.165, 1.54) is 4.70 Å². The van der Waals surface area contributed by atoms with Crippen LogP contribution in [0.5, 0.6) is 0 Å². The maximum absolute atomic E-state index is 4.58. The van der Waals surface area contributed by atoms with Crippen LogP contribution < -0.4 is 0 Å². The third-order valence-electron chi connectivity index (χ3n) is 2.36. The predicted octanol–water partition coefficient (Wildman–Crippen LogP) is 3.44. The van der Waals surface area contributed by atoms with E-state index in [-0.39, 0.29) is 0 Å². The SMILES string of the molecule is Brc1cc(Cc2nc3ccccc3s2)ncn1. The first-order valence-corrected chi connectivity index (χ1v) is 6.73. The highest BCUT2D eigenvalue weighted by Crippen LogP contribution is 2.23. The van der Waals surface area contributed by atoms with E-state index in [9.17, 15) is 0 Å². The van der Waals surface area contributed by atoms with E-state index in [0.29, 0.717) is 0 Å². The lowest BCUT2D eigenvalue weighted by molar-refractivity contribution is 1.01. The van der Waals surface area contributed by atoms with Crippen molar-refractivity contribution in [2.45, 2.75) is 6.42 Å². The summed E-state index contributed by atoms with van der Waals surface area (Å²) >= 11 is 5.05. The molecule has 0 spiro atoms. The van der Waals surface area contributed by atoms with Crippen LogP contribution in [-0.4, -0.2) is 15.0 Å². The molecule has 0 aliphatic rings. The van der Waals surface area contributed by atoms with Gasteiger partial charge in [-0.15, -0.1) is 11.3 Å². The molecule has 0 aliphatic carbocycles. The van der Waals surface area contributed by atoms with Crippen LogP contribution in [0.15, 0.2) is 41.3 Å². The van der Waals surface area contributed by atoms with Gasteiger partial charge in [0.15, 0.2) is 0 Å². The number of thiazole rings is 1. The zero-order chi connectivity index (χ0) is 11.7. The number of para-hydroxylation sites is 1. The summed E-state index contributed by atoms with van der Waals surface area (Å²) in [6.45, 7) is 0. The van der Waals surface area contributed by atoms with Gasteiger partial charge in [0.2, 0.25) is 0 Å². The molecule has 3 aromatic rings. The van der Waals surface area contributed by atoms with E-state index in [2.05, 4.69) is 36.9 Å². The first kappa shape index (κ1) is 10.8. The number of rotatable bonds is 2. The molecule has 0 radical (unpaired) electrons. The molecule has 0 amide bonds. The van der Waals surface area contributed by atoms with Crippen LogP contribution in [0.3, 0.4) is 0 Å². The van der Waals surface area contributed by atoms with E-state index in [1.807, 2.05) is 24.3 Å². The third-order valence-corrected chi connectivity index (χ3v) is 3.83. The first-order valence-electron chi connectivity index (χ1n) is 5.12. The Hall–Kier alpha value is -1.33. The van der Waals surface area contributed by atoms with Crippen molar-refractivity contribution in [2.24, 2.45) is 0 Å². The first-order chi connectivity index (χ1) is 8.31. The lowest BCUT2D eigenvalue weighted by Crippen LogP contribution is -1.92. The lowest BCUT2D eigenvalue weighted by atomic mass is 10.3. The van der Waals surface area contributed by atoms with Crippen LogP contribution in [-0.2, 0) is 6.42 Å². The summed E-state index contributed by atoms with van der Waals surface area (Å²) in [5.74, 6) is 0. The van der Waals surface area contributed by atoms with Gasteiger partial charge in [-0.25, -0.2) is 15.0 Å². The summed E-state index contributed by atoms with van der Waals surface area (Å²) in [5.41, 5.74) is 2.03. The van der Waals surface area contributed by atoms with Crippen molar-refractivity contribution in [1.29, 1.82) is 0 Å². The highest BCUT2D eigenvalue weighted by atomic mass is 79.9. The molecule has 0 fully saturated rings. The summed E-state index contributed by atoms with van der Waals surface area (Å²) in [4.78, 5) is 12.8. The van der Waals surface area contributed by atoms with Crippen LogP contribution in [0, 0.1) is 0 Å². The molecule has 1 aromatic carbocycles. The normalized spacial score (nSPS) is 10.9. The Morgan fingerprint density at radius 3 is 2.88 bits per heavy atom. The summed E-state index contributed by atoms with van der Waals surface area (Å²) in [6.07, 6.45) is 2.31. The molecule has 0 unspecified atom stereocenters. The Bertz CT molecular complexity index is 632. The molecule has 0 atom stereocenters. The smallest absolute Gasteiger partial charge is 0.116 e. The van der Waals surface area contributed by atoms with Crippen LogP contribution in [0.2, 0.25) is 0 Å². The standard InChI is InChI=1S/C12H8BrN3S/c13-11-5-8(14-7-15-11)6-12-16-9-3-1-2-4-10(9)17-12/h1-5,7H,6H2. The fraction of sp³-hybridized carbons (Fsp3) is 0.0833. The van der Waals surface area contributed by atoms with Gasteiger partial charge in [0.25, 0.3) is 0 Å². The number of aromatic nitrogens is 3. The number of hydrogen-bond acceptors (Lipinski definition) is 4. The zero-order valence-electron chi connectivity index (χ0n) is 8.80. The maximum Gasteiger partial charge on any atom is 0.116 e. The van der Waals surface area contributed by atoms with Gasteiger partial charge in [-0.3, -0.25) is 0 Å². The number of halogens is 1. The largest absolute Gasteiger partial charge is 0.241 e. The number of nitrogens with zero attached hydrogens (tertiary/aromatic N) is 3. The lowest BCUT2D eigenvalue weighted by Gasteiger charge is -1.96. The topological polar surface area (TPSA) is 38.7 Å². The highest BCUT2D eigenvalue weighted by molar-refractivity contribution is 9.10. The van der Waals surface area contributed by atoms with Crippen LogP contribution >= 0.6 is 27.3 Å². The van der Waals surface area contributed by atoms with Crippen molar-refractivity contribution < 1.29 is 0 Å². The minimum absolute atomic E-state index is 0.750. The molecule has 0 N–H and O–H groups in total. The molecule has 5 heteroatoms. The third kappa shape index (κ3) is 2.35. The molecule has 2 heterocycles. The molecule has 0 saturated carbocycles. The summed E-state index contributed by atoms with van der Waals surface area (Å²) in [5, 5.41) is 1.08. The molecular weight excluding hydrogens is 298 g/mol. The van der Waals surface area contributed by atoms with Gasteiger partial charge in [0, 0.05) is 6.42 Å². The van der Waals surface area contributed by atoms with Crippen molar-refractivity contribution in [2.75, 3.05) is 0 Å². The highest BCUT2D eigenvalue weighted by Gasteiger charge is 2.05.